The van der Waals surface area contributed by atoms with Crippen LogP contribution in [0.15, 0.2) is 78.9 Å². The molecule has 0 saturated carbocycles. The second-order valence-electron chi connectivity index (χ2n) is 6.99. The third-order valence-electron chi connectivity index (χ3n) is 4.35. The van der Waals surface area contributed by atoms with Crippen LogP contribution in [-0.2, 0) is 17.9 Å². The van der Waals surface area contributed by atoms with Gasteiger partial charge in [0.05, 0.1) is 0 Å². The summed E-state index contributed by atoms with van der Waals surface area (Å²) in [6.45, 7) is 5.04. The molecule has 0 fully saturated rings. The molecule has 0 bridgehead atoms. The standard InChI is InChI=1S/C24H26N2O2/c1-18(2)24(27)26-22-12-10-21(11-13-22)25-16-19-8-14-23(15-9-19)28-17-20-6-4-3-5-7-20/h3-15,18,25H,16-17H2,1-2H3,(H,26,27). The Labute approximate surface area is 166 Å². The van der Waals surface area contributed by atoms with Crippen molar-refractivity contribution in [3.63, 3.8) is 0 Å². The van der Waals surface area contributed by atoms with Crippen LogP contribution in [0.4, 0.5) is 11.4 Å². The van der Waals surface area contributed by atoms with Gasteiger partial charge >= 0.3 is 0 Å². The summed E-state index contributed by atoms with van der Waals surface area (Å²) < 4.78 is 5.82. The zero-order chi connectivity index (χ0) is 19.8. The van der Waals surface area contributed by atoms with E-state index in [9.17, 15) is 4.79 Å². The Kier molecular flexibility index (Phi) is 6.68. The molecule has 0 aromatic heterocycles. The number of hydrogen-bond acceptors (Lipinski definition) is 3. The molecule has 28 heavy (non-hydrogen) atoms. The molecular formula is C24H26N2O2. The van der Waals surface area contributed by atoms with Gasteiger partial charge in [-0.2, -0.15) is 0 Å². The Balaban J connectivity index is 1.47. The fourth-order valence-electron chi connectivity index (χ4n) is 2.61. The number of ether oxygens (including phenoxy) is 1. The maximum Gasteiger partial charge on any atom is 0.226 e. The van der Waals surface area contributed by atoms with Gasteiger partial charge in [0.2, 0.25) is 5.91 Å². The van der Waals surface area contributed by atoms with Crippen LogP contribution in [0.5, 0.6) is 5.75 Å². The number of amides is 1. The highest BCUT2D eigenvalue weighted by atomic mass is 16.5. The van der Waals surface area contributed by atoms with Gasteiger partial charge in [-0.15, -0.1) is 0 Å². The van der Waals surface area contributed by atoms with Crippen molar-refractivity contribution in [2.24, 2.45) is 5.92 Å². The Morgan fingerprint density at radius 2 is 1.46 bits per heavy atom. The summed E-state index contributed by atoms with van der Waals surface area (Å²) >= 11 is 0. The van der Waals surface area contributed by atoms with Crippen LogP contribution in [0.1, 0.15) is 25.0 Å². The van der Waals surface area contributed by atoms with E-state index in [1.54, 1.807) is 0 Å². The van der Waals surface area contributed by atoms with Gasteiger partial charge in [0.25, 0.3) is 0 Å². The highest BCUT2D eigenvalue weighted by molar-refractivity contribution is 5.92. The third kappa shape index (κ3) is 5.88. The van der Waals surface area contributed by atoms with Crippen molar-refractivity contribution in [2.45, 2.75) is 27.0 Å². The first-order valence-corrected chi connectivity index (χ1v) is 9.50. The van der Waals surface area contributed by atoms with Gasteiger partial charge in [0.15, 0.2) is 0 Å². The van der Waals surface area contributed by atoms with E-state index < -0.39 is 0 Å². The summed E-state index contributed by atoms with van der Waals surface area (Å²) in [5.41, 5.74) is 4.14. The molecule has 0 aliphatic carbocycles. The summed E-state index contributed by atoms with van der Waals surface area (Å²) in [7, 11) is 0. The topological polar surface area (TPSA) is 50.4 Å². The van der Waals surface area contributed by atoms with Crippen molar-refractivity contribution in [1.82, 2.24) is 0 Å². The Morgan fingerprint density at radius 3 is 2.11 bits per heavy atom. The van der Waals surface area contributed by atoms with E-state index >= 15 is 0 Å². The van der Waals surface area contributed by atoms with Crippen molar-refractivity contribution in [3.8, 4) is 5.75 Å². The number of carbonyl (C=O) groups is 1. The normalized spacial score (nSPS) is 10.5. The number of benzene rings is 3. The van der Waals surface area contributed by atoms with E-state index in [0.717, 1.165) is 29.2 Å². The number of anilines is 2. The number of nitrogens with one attached hydrogen (secondary N) is 2. The zero-order valence-electron chi connectivity index (χ0n) is 16.3. The lowest BCUT2D eigenvalue weighted by Crippen LogP contribution is -2.17. The van der Waals surface area contributed by atoms with Crippen molar-refractivity contribution >= 4 is 17.3 Å². The lowest BCUT2D eigenvalue weighted by Gasteiger charge is -2.11. The maximum atomic E-state index is 11.7. The molecule has 1 amide bonds. The molecule has 3 rings (SSSR count). The molecule has 3 aromatic rings. The Morgan fingerprint density at radius 1 is 0.821 bits per heavy atom. The summed E-state index contributed by atoms with van der Waals surface area (Å²) in [6.07, 6.45) is 0. The molecule has 2 N–H and O–H groups in total. The summed E-state index contributed by atoms with van der Waals surface area (Å²) in [4.78, 5) is 11.7. The molecule has 3 aromatic carbocycles. The number of rotatable bonds is 8. The zero-order valence-corrected chi connectivity index (χ0v) is 16.3. The Hall–Kier alpha value is -3.27. The van der Waals surface area contributed by atoms with Crippen molar-refractivity contribution in [2.75, 3.05) is 10.6 Å². The second-order valence-corrected chi connectivity index (χ2v) is 6.99. The molecule has 0 unspecified atom stereocenters. The largest absolute Gasteiger partial charge is 0.489 e. The molecule has 4 nitrogen and oxygen atoms in total. The van der Waals surface area contributed by atoms with Crippen LogP contribution in [0.3, 0.4) is 0 Å². The van der Waals surface area contributed by atoms with E-state index in [1.807, 2.05) is 68.4 Å². The lowest BCUT2D eigenvalue weighted by molar-refractivity contribution is -0.118. The predicted molar refractivity (Wildman–Crippen MR) is 114 cm³/mol. The first kappa shape index (κ1) is 19.5. The number of carbonyl (C=O) groups excluding carboxylic acids is 1. The molecule has 144 valence electrons. The van der Waals surface area contributed by atoms with Crippen LogP contribution in [-0.4, -0.2) is 5.91 Å². The van der Waals surface area contributed by atoms with Crippen molar-refractivity contribution in [3.05, 3.63) is 90.0 Å². The molecule has 0 atom stereocenters. The predicted octanol–water partition coefficient (Wildman–Crippen LogP) is 5.47. The first-order valence-electron chi connectivity index (χ1n) is 9.50. The average molecular weight is 374 g/mol. The Bertz CT molecular complexity index is 873. The monoisotopic (exact) mass is 374 g/mol. The average Bonchev–Trinajstić information content (AvgIpc) is 2.73. The van der Waals surface area contributed by atoms with E-state index in [4.69, 9.17) is 4.74 Å². The minimum atomic E-state index is -0.0301. The van der Waals surface area contributed by atoms with Crippen LogP contribution in [0.2, 0.25) is 0 Å². The molecule has 0 saturated heterocycles. The molecule has 0 radical (unpaired) electrons. The second kappa shape index (κ2) is 9.60. The van der Waals surface area contributed by atoms with E-state index in [0.29, 0.717) is 6.61 Å². The lowest BCUT2D eigenvalue weighted by atomic mass is 10.2. The van der Waals surface area contributed by atoms with Gasteiger partial charge in [0, 0.05) is 23.8 Å². The van der Waals surface area contributed by atoms with Crippen molar-refractivity contribution < 1.29 is 9.53 Å². The van der Waals surface area contributed by atoms with Gasteiger partial charge in [0.1, 0.15) is 12.4 Å². The molecule has 0 aliphatic heterocycles. The van der Waals surface area contributed by atoms with Crippen LogP contribution < -0.4 is 15.4 Å². The van der Waals surface area contributed by atoms with E-state index in [-0.39, 0.29) is 11.8 Å². The third-order valence-corrected chi connectivity index (χ3v) is 4.35. The van der Waals surface area contributed by atoms with Gasteiger partial charge < -0.3 is 15.4 Å². The molecule has 0 aliphatic rings. The summed E-state index contributed by atoms with van der Waals surface area (Å²) in [5.74, 6) is 0.852. The van der Waals surface area contributed by atoms with Gasteiger partial charge in [-0.05, 0) is 47.5 Å². The van der Waals surface area contributed by atoms with Gasteiger partial charge in [-0.1, -0.05) is 56.3 Å². The molecule has 0 heterocycles. The fraction of sp³-hybridized carbons (Fsp3) is 0.208. The van der Waals surface area contributed by atoms with Crippen LogP contribution in [0, 0.1) is 5.92 Å². The smallest absolute Gasteiger partial charge is 0.226 e. The van der Waals surface area contributed by atoms with Crippen LogP contribution >= 0.6 is 0 Å². The fourth-order valence-corrected chi connectivity index (χ4v) is 2.61. The molecule has 4 heteroatoms. The maximum absolute atomic E-state index is 11.7. The van der Waals surface area contributed by atoms with E-state index in [1.165, 1.54) is 5.56 Å². The van der Waals surface area contributed by atoms with Crippen molar-refractivity contribution in [1.29, 1.82) is 0 Å². The highest BCUT2D eigenvalue weighted by Gasteiger charge is 2.06. The molecule has 0 spiro atoms. The highest BCUT2D eigenvalue weighted by Crippen LogP contribution is 2.17. The number of hydrogen-bond donors (Lipinski definition) is 2. The minimum Gasteiger partial charge on any atom is -0.489 e. The summed E-state index contributed by atoms with van der Waals surface area (Å²) in [6, 6.07) is 26.0. The van der Waals surface area contributed by atoms with Crippen LogP contribution in [0.25, 0.3) is 0 Å². The van der Waals surface area contributed by atoms with Gasteiger partial charge in [-0.3, -0.25) is 4.79 Å². The quantitative estimate of drug-likeness (QED) is 0.549. The SMILES string of the molecule is CC(C)C(=O)Nc1ccc(NCc2ccc(OCc3ccccc3)cc2)cc1. The minimum absolute atomic E-state index is 0.0234. The van der Waals surface area contributed by atoms with Gasteiger partial charge in [-0.25, -0.2) is 0 Å². The first-order chi connectivity index (χ1) is 13.6. The molecular weight excluding hydrogens is 348 g/mol. The summed E-state index contributed by atoms with van der Waals surface area (Å²) in [5, 5.41) is 6.28. The van der Waals surface area contributed by atoms with E-state index in [2.05, 4.69) is 34.9 Å².